The van der Waals surface area contributed by atoms with E-state index < -0.39 is 11.4 Å². The third kappa shape index (κ3) is 5.89. The molecule has 0 saturated heterocycles. The number of carbonyl (C=O) groups is 1. The number of hydrogen-bond donors (Lipinski definition) is 1. The van der Waals surface area contributed by atoms with Crippen molar-refractivity contribution in [2.24, 2.45) is 0 Å². The quantitative estimate of drug-likeness (QED) is 0.767. The molecule has 0 aliphatic heterocycles. The second-order valence-corrected chi connectivity index (χ2v) is 5.22. The van der Waals surface area contributed by atoms with Crippen molar-refractivity contribution in [3.63, 3.8) is 0 Å². The summed E-state index contributed by atoms with van der Waals surface area (Å²) in [6.07, 6.45) is 1.35. The average Bonchev–Trinajstić information content (AvgIpc) is 2.33. The Morgan fingerprint density at radius 3 is 2.63 bits per heavy atom. The van der Waals surface area contributed by atoms with Gasteiger partial charge in [0.2, 0.25) is 0 Å². The topological polar surface area (TPSA) is 53.4 Å². The fourth-order valence-corrected chi connectivity index (χ4v) is 1.82. The van der Waals surface area contributed by atoms with Crippen molar-refractivity contribution in [1.82, 2.24) is 9.88 Å². The summed E-state index contributed by atoms with van der Waals surface area (Å²) in [6, 6.07) is 2.62. The predicted octanol–water partition coefficient (Wildman–Crippen LogP) is 1.89. The molecule has 0 aliphatic carbocycles. The van der Waals surface area contributed by atoms with Crippen LogP contribution in [0.3, 0.4) is 0 Å². The Kier molecular flexibility index (Phi) is 5.57. The van der Waals surface area contributed by atoms with Gasteiger partial charge in [0.1, 0.15) is 11.5 Å². The normalized spacial score (nSPS) is 11.9. The van der Waals surface area contributed by atoms with E-state index in [1.165, 1.54) is 12.1 Å². The fraction of sp³-hybridized carbons (Fsp3) is 0.571. The molecule has 0 atom stereocenters. The van der Waals surface area contributed by atoms with Crippen LogP contribution in [0.4, 0.5) is 4.39 Å². The first-order valence-corrected chi connectivity index (χ1v) is 6.41. The molecule has 1 aromatic heterocycles. The summed E-state index contributed by atoms with van der Waals surface area (Å²) in [6.45, 7) is 7.27. The van der Waals surface area contributed by atoms with E-state index in [-0.39, 0.29) is 11.5 Å². The number of aliphatic hydroxyl groups is 1. The molecule has 19 heavy (non-hydrogen) atoms. The maximum Gasteiger partial charge on any atom is 0.182 e. The molecule has 106 valence electrons. The second-order valence-electron chi connectivity index (χ2n) is 5.22. The van der Waals surface area contributed by atoms with Gasteiger partial charge in [-0.3, -0.25) is 9.78 Å². The van der Waals surface area contributed by atoms with Crippen LogP contribution >= 0.6 is 0 Å². The van der Waals surface area contributed by atoms with Crippen molar-refractivity contribution in [1.29, 1.82) is 0 Å². The van der Waals surface area contributed by atoms with Gasteiger partial charge in [-0.1, -0.05) is 6.92 Å². The number of rotatable bonds is 7. The third-order valence-corrected chi connectivity index (χ3v) is 2.73. The molecule has 4 nitrogen and oxygen atoms in total. The highest BCUT2D eigenvalue weighted by Gasteiger charge is 2.18. The average molecular weight is 268 g/mol. The summed E-state index contributed by atoms with van der Waals surface area (Å²) < 4.78 is 12.7. The molecule has 1 heterocycles. The molecular weight excluding hydrogens is 247 g/mol. The molecule has 0 radical (unpaired) electrons. The van der Waals surface area contributed by atoms with Gasteiger partial charge in [0, 0.05) is 19.5 Å². The SMILES string of the molecule is CCN(CCC(=O)c1ccc(F)cn1)CC(C)(C)O. The Bertz CT molecular complexity index is 412. The molecular formula is C14H21FN2O2. The lowest BCUT2D eigenvalue weighted by atomic mass is 10.1. The van der Waals surface area contributed by atoms with Gasteiger partial charge in [-0.15, -0.1) is 0 Å². The zero-order valence-electron chi connectivity index (χ0n) is 11.7. The Hall–Kier alpha value is -1.33. The molecule has 0 bridgehead atoms. The predicted molar refractivity (Wildman–Crippen MR) is 71.6 cm³/mol. The van der Waals surface area contributed by atoms with E-state index in [0.717, 1.165) is 12.7 Å². The summed E-state index contributed by atoms with van der Waals surface area (Å²) in [5, 5.41) is 9.75. The highest BCUT2D eigenvalue weighted by Crippen LogP contribution is 2.07. The van der Waals surface area contributed by atoms with Crippen LogP contribution in [0.25, 0.3) is 0 Å². The first-order chi connectivity index (χ1) is 8.81. The van der Waals surface area contributed by atoms with E-state index in [2.05, 4.69) is 4.98 Å². The molecule has 1 N–H and O–H groups in total. The first-order valence-electron chi connectivity index (χ1n) is 6.41. The number of aromatic nitrogens is 1. The van der Waals surface area contributed by atoms with E-state index in [9.17, 15) is 14.3 Å². The Morgan fingerprint density at radius 1 is 1.47 bits per heavy atom. The minimum Gasteiger partial charge on any atom is -0.389 e. The zero-order valence-corrected chi connectivity index (χ0v) is 11.7. The molecule has 0 aliphatic rings. The minimum atomic E-state index is -0.785. The highest BCUT2D eigenvalue weighted by molar-refractivity contribution is 5.94. The van der Waals surface area contributed by atoms with Crippen molar-refractivity contribution in [2.75, 3.05) is 19.6 Å². The van der Waals surface area contributed by atoms with Crippen LogP contribution < -0.4 is 0 Å². The smallest absolute Gasteiger partial charge is 0.182 e. The lowest BCUT2D eigenvalue weighted by molar-refractivity contribution is 0.0371. The van der Waals surface area contributed by atoms with E-state index in [0.29, 0.717) is 19.5 Å². The number of ketones is 1. The standard InChI is InChI=1S/C14H21FN2O2/c1-4-17(10-14(2,3)19)8-7-13(18)12-6-5-11(15)9-16-12/h5-6,9,19H,4,7-8,10H2,1-3H3. The monoisotopic (exact) mass is 268 g/mol. The molecule has 5 heteroatoms. The molecule has 0 unspecified atom stereocenters. The van der Waals surface area contributed by atoms with Crippen molar-refractivity contribution < 1.29 is 14.3 Å². The maximum atomic E-state index is 12.7. The van der Waals surface area contributed by atoms with Crippen molar-refractivity contribution in [3.8, 4) is 0 Å². The minimum absolute atomic E-state index is 0.116. The summed E-state index contributed by atoms with van der Waals surface area (Å²) in [4.78, 5) is 17.6. The summed E-state index contributed by atoms with van der Waals surface area (Å²) in [5.41, 5.74) is -0.506. The largest absolute Gasteiger partial charge is 0.389 e. The van der Waals surface area contributed by atoms with Gasteiger partial charge in [0.15, 0.2) is 5.78 Å². The van der Waals surface area contributed by atoms with Crippen molar-refractivity contribution >= 4 is 5.78 Å². The number of halogens is 1. The zero-order chi connectivity index (χ0) is 14.5. The van der Waals surface area contributed by atoms with Gasteiger partial charge in [-0.2, -0.15) is 0 Å². The van der Waals surface area contributed by atoms with Gasteiger partial charge < -0.3 is 10.0 Å². The van der Waals surface area contributed by atoms with Gasteiger partial charge in [0.25, 0.3) is 0 Å². The summed E-state index contributed by atoms with van der Waals surface area (Å²) in [5.74, 6) is -0.567. The number of Topliss-reactive ketones (excluding diaryl/α,β-unsaturated/α-hetero) is 1. The lowest BCUT2D eigenvalue weighted by Gasteiger charge is -2.27. The van der Waals surface area contributed by atoms with Crippen LogP contribution in [0.2, 0.25) is 0 Å². The van der Waals surface area contributed by atoms with Crippen LogP contribution in [0.1, 0.15) is 37.7 Å². The summed E-state index contributed by atoms with van der Waals surface area (Å²) >= 11 is 0. The summed E-state index contributed by atoms with van der Waals surface area (Å²) in [7, 11) is 0. The Labute approximate surface area is 113 Å². The third-order valence-electron chi connectivity index (χ3n) is 2.73. The van der Waals surface area contributed by atoms with Crippen LogP contribution in [0.15, 0.2) is 18.3 Å². The molecule has 1 rings (SSSR count). The number of carbonyl (C=O) groups excluding carboxylic acids is 1. The lowest BCUT2D eigenvalue weighted by Crippen LogP contribution is -2.39. The van der Waals surface area contributed by atoms with E-state index in [4.69, 9.17) is 0 Å². The van der Waals surface area contributed by atoms with Crippen LogP contribution in [0.5, 0.6) is 0 Å². The van der Waals surface area contributed by atoms with Gasteiger partial charge >= 0.3 is 0 Å². The number of nitrogens with zero attached hydrogens (tertiary/aromatic N) is 2. The van der Waals surface area contributed by atoms with Gasteiger partial charge in [-0.05, 0) is 32.5 Å². The first kappa shape index (κ1) is 15.7. The number of pyridine rings is 1. The molecule has 0 amide bonds. The molecule has 1 aromatic rings. The number of hydrogen-bond acceptors (Lipinski definition) is 4. The van der Waals surface area contributed by atoms with Crippen molar-refractivity contribution in [3.05, 3.63) is 29.8 Å². The van der Waals surface area contributed by atoms with Gasteiger partial charge in [0.05, 0.1) is 11.8 Å². The van der Waals surface area contributed by atoms with Crippen LogP contribution in [-0.2, 0) is 0 Å². The molecule has 0 fully saturated rings. The second kappa shape index (κ2) is 6.73. The molecule has 0 saturated carbocycles. The van der Waals surface area contributed by atoms with Crippen LogP contribution in [-0.4, -0.2) is 46.0 Å². The molecule has 0 aromatic carbocycles. The van der Waals surface area contributed by atoms with Crippen LogP contribution in [0, 0.1) is 5.82 Å². The highest BCUT2D eigenvalue weighted by atomic mass is 19.1. The van der Waals surface area contributed by atoms with E-state index >= 15 is 0 Å². The molecule has 0 spiro atoms. The Balaban J connectivity index is 2.50. The van der Waals surface area contributed by atoms with E-state index in [1.54, 1.807) is 13.8 Å². The van der Waals surface area contributed by atoms with Gasteiger partial charge in [-0.25, -0.2) is 4.39 Å². The Morgan fingerprint density at radius 2 is 2.16 bits per heavy atom. The maximum absolute atomic E-state index is 12.7. The number of likely N-dealkylation sites (N-methyl/N-ethyl adjacent to an activating group) is 1. The van der Waals surface area contributed by atoms with Crippen molar-refractivity contribution in [2.45, 2.75) is 32.8 Å². The van der Waals surface area contributed by atoms with E-state index in [1.807, 2.05) is 11.8 Å². The fourth-order valence-electron chi connectivity index (χ4n) is 1.82.